The highest BCUT2D eigenvalue weighted by atomic mass is 16.5. The highest BCUT2D eigenvalue weighted by molar-refractivity contribution is 5.99. The van der Waals surface area contributed by atoms with Crippen molar-refractivity contribution < 1.29 is 19.1 Å². The largest absolute Gasteiger partial charge is 0.491 e. The van der Waals surface area contributed by atoms with E-state index >= 15 is 0 Å². The molecule has 1 atom stereocenters. The van der Waals surface area contributed by atoms with Gasteiger partial charge in [-0.25, -0.2) is 0 Å². The van der Waals surface area contributed by atoms with Gasteiger partial charge in [0.25, 0.3) is 5.91 Å². The lowest BCUT2D eigenvalue weighted by atomic mass is 10.1. The minimum Gasteiger partial charge on any atom is -0.491 e. The van der Waals surface area contributed by atoms with Gasteiger partial charge < -0.3 is 19.7 Å². The van der Waals surface area contributed by atoms with Crippen molar-refractivity contribution in [2.75, 3.05) is 32.1 Å². The molecule has 6 nitrogen and oxygen atoms in total. The van der Waals surface area contributed by atoms with E-state index in [1.165, 1.54) is 4.90 Å². The van der Waals surface area contributed by atoms with Crippen LogP contribution in [0.4, 0.5) is 5.69 Å². The average Bonchev–Trinajstić information content (AvgIpc) is 3.23. The number of carbonyl (C=O) groups is 2. The van der Waals surface area contributed by atoms with Crippen molar-refractivity contribution in [3.63, 3.8) is 0 Å². The Kier molecular flexibility index (Phi) is 6.88. The zero-order chi connectivity index (χ0) is 20.8. The Balaban J connectivity index is 1.52. The monoisotopic (exact) mass is 396 g/mol. The number of nitrogens with zero attached hydrogens (tertiary/aromatic N) is 1. The van der Waals surface area contributed by atoms with Gasteiger partial charge in [-0.1, -0.05) is 12.1 Å². The first-order chi connectivity index (χ1) is 13.9. The molecule has 0 bridgehead atoms. The summed E-state index contributed by atoms with van der Waals surface area (Å²) in [7, 11) is 1.62. The zero-order valence-electron chi connectivity index (χ0n) is 17.2. The number of rotatable bonds is 7. The second-order valence-electron chi connectivity index (χ2n) is 7.43. The lowest BCUT2D eigenvalue weighted by Crippen LogP contribution is -2.35. The lowest BCUT2D eigenvalue weighted by molar-refractivity contribution is -0.116. The number of anilines is 1. The maximum absolute atomic E-state index is 12.6. The van der Waals surface area contributed by atoms with Crippen LogP contribution in [0.15, 0.2) is 42.5 Å². The van der Waals surface area contributed by atoms with Crippen LogP contribution in [0.25, 0.3) is 0 Å². The fourth-order valence-electron chi connectivity index (χ4n) is 3.24. The molecule has 29 heavy (non-hydrogen) atoms. The Morgan fingerprint density at radius 1 is 1.17 bits per heavy atom. The van der Waals surface area contributed by atoms with Crippen molar-refractivity contribution in [2.45, 2.75) is 32.8 Å². The molecule has 1 fully saturated rings. The van der Waals surface area contributed by atoms with Crippen LogP contribution in [0.2, 0.25) is 0 Å². The van der Waals surface area contributed by atoms with Crippen LogP contribution < -0.4 is 10.1 Å². The summed E-state index contributed by atoms with van der Waals surface area (Å²) in [6.45, 7) is 5.25. The Morgan fingerprint density at radius 3 is 2.62 bits per heavy atom. The average molecular weight is 396 g/mol. The minimum atomic E-state index is -0.230. The molecule has 1 N–H and O–H groups in total. The molecule has 1 aliphatic heterocycles. The van der Waals surface area contributed by atoms with E-state index in [0.29, 0.717) is 17.9 Å². The number of amides is 2. The van der Waals surface area contributed by atoms with Gasteiger partial charge in [0.2, 0.25) is 5.91 Å². The fraction of sp³-hybridized carbons (Fsp3) is 0.391. The van der Waals surface area contributed by atoms with Gasteiger partial charge in [-0.3, -0.25) is 9.59 Å². The maximum Gasteiger partial charge on any atom is 0.254 e. The van der Waals surface area contributed by atoms with Crippen LogP contribution in [0.3, 0.4) is 0 Å². The van der Waals surface area contributed by atoms with Gasteiger partial charge in [0.15, 0.2) is 0 Å². The molecule has 2 amide bonds. The number of hydrogen-bond acceptors (Lipinski definition) is 4. The summed E-state index contributed by atoms with van der Waals surface area (Å²) in [6.07, 6.45) is 2.24. The van der Waals surface area contributed by atoms with Gasteiger partial charge in [-0.2, -0.15) is 0 Å². The zero-order valence-corrected chi connectivity index (χ0v) is 17.2. The molecule has 0 spiro atoms. The van der Waals surface area contributed by atoms with Gasteiger partial charge >= 0.3 is 0 Å². The first-order valence-electron chi connectivity index (χ1n) is 9.90. The molecule has 0 saturated carbocycles. The van der Waals surface area contributed by atoms with Crippen LogP contribution in [0.1, 0.15) is 34.3 Å². The molecule has 3 rings (SSSR count). The molecule has 1 aliphatic rings. The van der Waals surface area contributed by atoms with E-state index in [1.54, 1.807) is 31.3 Å². The van der Waals surface area contributed by atoms with E-state index in [0.717, 1.165) is 36.3 Å². The van der Waals surface area contributed by atoms with Crippen molar-refractivity contribution in [2.24, 2.45) is 0 Å². The number of benzene rings is 2. The predicted octanol–water partition coefficient (Wildman–Crippen LogP) is 3.57. The second-order valence-corrected chi connectivity index (χ2v) is 7.43. The fourth-order valence-corrected chi connectivity index (χ4v) is 3.24. The van der Waals surface area contributed by atoms with Gasteiger partial charge in [0.05, 0.1) is 12.6 Å². The number of carbonyl (C=O) groups excluding carboxylic acids is 2. The third-order valence-electron chi connectivity index (χ3n) is 5.17. The highest BCUT2D eigenvalue weighted by Crippen LogP contribution is 2.19. The van der Waals surface area contributed by atoms with Gasteiger partial charge in [-0.15, -0.1) is 0 Å². The van der Waals surface area contributed by atoms with E-state index in [2.05, 4.69) is 5.32 Å². The van der Waals surface area contributed by atoms with E-state index in [9.17, 15) is 9.59 Å². The third kappa shape index (κ3) is 5.57. The number of likely N-dealkylation sites (N-methyl/N-ethyl adjacent to an activating group) is 1. The second kappa shape index (κ2) is 9.56. The Labute approximate surface area is 171 Å². The van der Waals surface area contributed by atoms with Crippen molar-refractivity contribution in [3.8, 4) is 5.75 Å². The molecule has 2 aromatic carbocycles. The molecule has 0 aliphatic carbocycles. The summed E-state index contributed by atoms with van der Waals surface area (Å²) >= 11 is 0. The predicted molar refractivity (Wildman–Crippen MR) is 112 cm³/mol. The van der Waals surface area contributed by atoms with Crippen LogP contribution in [-0.4, -0.2) is 49.6 Å². The normalized spacial score (nSPS) is 15.8. The highest BCUT2D eigenvalue weighted by Gasteiger charge is 2.17. The molecule has 2 aromatic rings. The van der Waals surface area contributed by atoms with Crippen LogP contribution in [0, 0.1) is 13.8 Å². The first kappa shape index (κ1) is 20.9. The summed E-state index contributed by atoms with van der Waals surface area (Å²) in [5.74, 6) is 0.255. The number of aryl methyl sites for hydroxylation is 1. The number of nitrogens with one attached hydrogen (secondary N) is 1. The van der Waals surface area contributed by atoms with Crippen molar-refractivity contribution >= 4 is 17.5 Å². The molecule has 1 heterocycles. The topological polar surface area (TPSA) is 67.9 Å². The molecular formula is C23H28N2O4. The van der Waals surface area contributed by atoms with Crippen LogP contribution in [0.5, 0.6) is 5.75 Å². The Hall–Kier alpha value is -2.86. The smallest absolute Gasteiger partial charge is 0.254 e. The summed E-state index contributed by atoms with van der Waals surface area (Å²) in [6, 6.07) is 12.7. The maximum atomic E-state index is 12.6. The lowest BCUT2D eigenvalue weighted by Gasteiger charge is -2.18. The van der Waals surface area contributed by atoms with E-state index in [-0.39, 0.29) is 24.5 Å². The minimum absolute atomic E-state index is 0.0243. The van der Waals surface area contributed by atoms with E-state index < -0.39 is 0 Å². The van der Waals surface area contributed by atoms with Crippen molar-refractivity contribution in [1.29, 1.82) is 0 Å². The molecular weight excluding hydrogens is 368 g/mol. The quantitative estimate of drug-likeness (QED) is 0.777. The number of hydrogen-bond donors (Lipinski definition) is 1. The van der Waals surface area contributed by atoms with Gasteiger partial charge in [0.1, 0.15) is 12.4 Å². The molecule has 154 valence electrons. The molecule has 0 aromatic heterocycles. The molecule has 0 radical (unpaired) electrons. The summed E-state index contributed by atoms with van der Waals surface area (Å²) < 4.78 is 11.3. The molecule has 1 unspecified atom stereocenters. The standard InChI is InChI=1S/C23H28N2O4/c1-16-6-4-8-21(17(16)2)24-22(26)14-25(3)23(27)18-9-11-19(12-10-18)29-15-20-7-5-13-28-20/h4,6,8-12,20H,5,7,13-15H2,1-3H3,(H,24,26). The Bertz CT molecular complexity index is 858. The van der Waals surface area contributed by atoms with Gasteiger partial charge in [0, 0.05) is 24.9 Å². The van der Waals surface area contributed by atoms with E-state index in [1.807, 2.05) is 32.0 Å². The Morgan fingerprint density at radius 2 is 1.93 bits per heavy atom. The van der Waals surface area contributed by atoms with Crippen molar-refractivity contribution in [3.05, 3.63) is 59.2 Å². The SMILES string of the molecule is Cc1cccc(NC(=O)CN(C)C(=O)c2ccc(OCC3CCCO3)cc2)c1C. The van der Waals surface area contributed by atoms with Gasteiger partial charge in [-0.05, 0) is 68.1 Å². The third-order valence-corrected chi connectivity index (χ3v) is 5.17. The molecule has 6 heteroatoms. The van der Waals surface area contributed by atoms with Crippen molar-refractivity contribution in [1.82, 2.24) is 4.90 Å². The summed E-state index contributed by atoms with van der Waals surface area (Å²) in [5.41, 5.74) is 3.41. The summed E-state index contributed by atoms with van der Waals surface area (Å²) in [5, 5.41) is 2.88. The van der Waals surface area contributed by atoms with Crippen LogP contribution in [-0.2, 0) is 9.53 Å². The first-order valence-corrected chi connectivity index (χ1v) is 9.90. The molecule has 1 saturated heterocycles. The number of ether oxygens (including phenoxy) is 2. The summed E-state index contributed by atoms with van der Waals surface area (Å²) in [4.78, 5) is 26.4. The van der Waals surface area contributed by atoms with Crippen LogP contribution >= 0.6 is 0 Å². The van der Waals surface area contributed by atoms with E-state index in [4.69, 9.17) is 9.47 Å².